The summed E-state index contributed by atoms with van der Waals surface area (Å²) in [5.41, 5.74) is 1.14. The summed E-state index contributed by atoms with van der Waals surface area (Å²) in [5.74, 6) is -0.386. The summed E-state index contributed by atoms with van der Waals surface area (Å²) in [6, 6.07) is 11.5. The molecule has 1 amide bonds. The minimum atomic E-state index is -0.728. The van der Waals surface area contributed by atoms with Crippen LogP contribution < -0.4 is 9.47 Å². The lowest BCUT2D eigenvalue weighted by Crippen LogP contribution is -2.30. The fourth-order valence-corrected chi connectivity index (χ4v) is 4.37. The summed E-state index contributed by atoms with van der Waals surface area (Å²) in [7, 11) is 3.09. The first kappa shape index (κ1) is 22.9. The van der Waals surface area contributed by atoms with Crippen molar-refractivity contribution in [3.05, 3.63) is 63.6 Å². The van der Waals surface area contributed by atoms with Crippen molar-refractivity contribution in [3.8, 4) is 11.5 Å². The number of halogens is 1. The number of carbonyl (C=O) groups excluding carboxylic acids is 2. The quantitative estimate of drug-likeness (QED) is 0.243. The highest BCUT2D eigenvalue weighted by molar-refractivity contribution is 9.10. The van der Waals surface area contributed by atoms with Crippen molar-refractivity contribution in [1.82, 2.24) is 4.90 Å². The molecule has 0 aromatic heterocycles. The van der Waals surface area contributed by atoms with Crippen LogP contribution >= 0.6 is 15.9 Å². The Hall–Kier alpha value is -2.80. The van der Waals surface area contributed by atoms with E-state index in [0.717, 1.165) is 19.3 Å². The molecule has 1 atom stereocenters. The van der Waals surface area contributed by atoms with Gasteiger partial charge < -0.3 is 19.5 Å². The first-order valence-corrected chi connectivity index (χ1v) is 11.0. The van der Waals surface area contributed by atoms with E-state index >= 15 is 0 Å². The first-order valence-electron chi connectivity index (χ1n) is 10.2. The lowest BCUT2D eigenvalue weighted by molar-refractivity contribution is -0.139. The molecule has 7 heteroatoms. The van der Waals surface area contributed by atoms with Gasteiger partial charge in [-0.15, -0.1) is 0 Å². The number of aliphatic hydroxyl groups is 1. The second-order valence-electron chi connectivity index (χ2n) is 7.29. The highest BCUT2D eigenvalue weighted by Crippen LogP contribution is 2.43. The van der Waals surface area contributed by atoms with E-state index < -0.39 is 17.7 Å². The number of amides is 1. The zero-order valence-corrected chi connectivity index (χ0v) is 19.4. The second-order valence-corrected chi connectivity index (χ2v) is 8.15. The van der Waals surface area contributed by atoms with E-state index in [1.165, 1.54) is 0 Å². The predicted molar refractivity (Wildman–Crippen MR) is 122 cm³/mol. The van der Waals surface area contributed by atoms with Crippen molar-refractivity contribution < 1.29 is 24.2 Å². The number of hydrogen-bond acceptors (Lipinski definition) is 5. The van der Waals surface area contributed by atoms with Crippen molar-refractivity contribution in [2.45, 2.75) is 32.2 Å². The molecule has 1 unspecified atom stereocenters. The Kier molecular flexibility index (Phi) is 7.38. The Labute approximate surface area is 190 Å². The van der Waals surface area contributed by atoms with Crippen LogP contribution in [0.1, 0.15) is 43.4 Å². The molecule has 6 nitrogen and oxygen atoms in total. The fraction of sp³-hybridized carbons (Fsp3) is 0.333. The Balaban J connectivity index is 2.17. The third-order valence-electron chi connectivity index (χ3n) is 5.40. The lowest BCUT2D eigenvalue weighted by atomic mass is 9.94. The highest BCUT2D eigenvalue weighted by atomic mass is 79.9. The van der Waals surface area contributed by atoms with Crippen molar-refractivity contribution in [2.75, 3.05) is 20.8 Å². The number of nitrogens with zero attached hydrogens (tertiary/aromatic N) is 1. The highest BCUT2D eigenvalue weighted by Gasteiger charge is 2.46. The molecule has 1 aliphatic heterocycles. The summed E-state index contributed by atoms with van der Waals surface area (Å²) in [6.45, 7) is 2.50. The van der Waals surface area contributed by atoms with E-state index in [-0.39, 0.29) is 11.3 Å². The topological polar surface area (TPSA) is 76.1 Å². The molecule has 1 N–H and O–H groups in total. The van der Waals surface area contributed by atoms with Gasteiger partial charge in [0.15, 0.2) is 0 Å². The SMILES string of the molecule is CCCCCN1C(=O)C(=O)/C(=C(/O)c2ccc(OC)c(Br)c2)C1c1ccccc1OC. The fourth-order valence-electron chi connectivity index (χ4n) is 3.83. The second kappa shape index (κ2) is 10.0. The van der Waals surface area contributed by atoms with Gasteiger partial charge in [0.25, 0.3) is 11.7 Å². The van der Waals surface area contributed by atoms with Crippen LogP contribution in [-0.2, 0) is 9.59 Å². The van der Waals surface area contributed by atoms with Crippen LogP contribution in [0.5, 0.6) is 11.5 Å². The van der Waals surface area contributed by atoms with E-state index in [1.807, 2.05) is 18.2 Å². The molecule has 0 bridgehead atoms. The maximum atomic E-state index is 13.1. The van der Waals surface area contributed by atoms with Crippen LogP contribution in [0, 0.1) is 0 Å². The molecule has 2 aromatic carbocycles. The van der Waals surface area contributed by atoms with Gasteiger partial charge in [0.1, 0.15) is 17.3 Å². The first-order chi connectivity index (χ1) is 14.9. The van der Waals surface area contributed by atoms with Crippen LogP contribution in [0.15, 0.2) is 52.5 Å². The summed E-state index contributed by atoms with van der Waals surface area (Å²) >= 11 is 3.41. The van der Waals surface area contributed by atoms with Gasteiger partial charge in [-0.25, -0.2) is 0 Å². The number of likely N-dealkylation sites (tertiary alicyclic amines) is 1. The third-order valence-corrected chi connectivity index (χ3v) is 6.02. The lowest BCUT2D eigenvalue weighted by Gasteiger charge is -2.26. The zero-order chi connectivity index (χ0) is 22.5. The molecule has 0 saturated carbocycles. The van der Waals surface area contributed by atoms with Gasteiger partial charge in [-0.05, 0) is 46.6 Å². The Morgan fingerprint density at radius 1 is 1.06 bits per heavy atom. The number of Topliss-reactive ketones (excluding diaryl/α,β-unsaturated/α-hetero) is 1. The Morgan fingerprint density at radius 3 is 2.42 bits per heavy atom. The summed E-state index contributed by atoms with van der Waals surface area (Å²) < 4.78 is 11.4. The molecular formula is C24H26BrNO5. The number of rotatable bonds is 8. The van der Waals surface area contributed by atoms with Gasteiger partial charge in [0, 0.05) is 17.7 Å². The molecule has 0 spiro atoms. The predicted octanol–water partition coefficient (Wildman–Crippen LogP) is 5.08. The molecule has 1 heterocycles. The van der Waals surface area contributed by atoms with Crippen molar-refractivity contribution in [1.29, 1.82) is 0 Å². The Bertz CT molecular complexity index is 1020. The molecule has 3 rings (SSSR count). The molecule has 1 fully saturated rings. The minimum absolute atomic E-state index is 0.0584. The number of ether oxygens (including phenoxy) is 2. The van der Waals surface area contributed by atoms with Gasteiger partial charge in [-0.1, -0.05) is 38.0 Å². The standard InChI is InChI=1S/C24H26BrNO5/c1-4-5-8-13-26-21(16-9-6-7-10-18(16)30-2)20(23(28)24(26)29)22(27)15-11-12-19(31-3)17(25)14-15/h6-7,9-12,14,21,27H,4-5,8,13H2,1-3H3/b22-20+. The molecule has 1 saturated heterocycles. The molecule has 31 heavy (non-hydrogen) atoms. The number of benzene rings is 2. The van der Waals surface area contributed by atoms with Gasteiger partial charge in [0.05, 0.1) is 30.3 Å². The third kappa shape index (κ3) is 4.46. The van der Waals surface area contributed by atoms with Crippen LogP contribution in [0.4, 0.5) is 0 Å². The largest absolute Gasteiger partial charge is 0.507 e. The van der Waals surface area contributed by atoms with Gasteiger partial charge in [0.2, 0.25) is 0 Å². The van der Waals surface area contributed by atoms with E-state index in [0.29, 0.717) is 33.6 Å². The normalized spacial score (nSPS) is 17.8. The number of hydrogen-bond donors (Lipinski definition) is 1. The summed E-state index contributed by atoms with van der Waals surface area (Å²) in [6.07, 6.45) is 2.69. The number of aliphatic hydroxyl groups excluding tert-OH is 1. The van der Waals surface area contributed by atoms with Crippen LogP contribution in [0.2, 0.25) is 0 Å². The maximum absolute atomic E-state index is 13.1. The van der Waals surface area contributed by atoms with Gasteiger partial charge in [-0.2, -0.15) is 0 Å². The summed E-state index contributed by atoms with van der Waals surface area (Å²) in [5, 5.41) is 11.2. The van der Waals surface area contributed by atoms with Gasteiger partial charge in [-0.3, -0.25) is 9.59 Å². The van der Waals surface area contributed by atoms with E-state index in [9.17, 15) is 14.7 Å². The zero-order valence-electron chi connectivity index (χ0n) is 17.9. The number of ketones is 1. The molecule has 164 valence electrons. The maximum Gasteiger partial charge on any atom is 0.295 e. The molecule has 1 aliphatic rings. The minimum Gasteiger partial charge on any atom is -0.507 e. The number of para-hydroxylation sites is 1. The van der Waals surface area contributed by atoms with E-state index in [4.69, 9.17) is 9.47 Å². The number of carbonyl (C=O) groups is 2. The molecule has 2 aromatic rings. The van der Waals surface area contributed by atoms with Gasteiger partial charge >= 0.3 is 0 Å². The van der Waals surface area contributed by atoms with E-state index in [1.54, 1.807) is 43.4 Å². The smallest absolute Gasteiger partial charge is 0.295 e. The molecular weight excluding hydrogens is 462 g/mol. The molecule has 0 aliphatic carbocycles. The van der Waals surface area contributed by atoms with Crippen molar-refractivity contribution in [3.63, 3.8) is 0 Å². The Morgan fingerprint density at radius 2 is 1.77 bits per heavy atom. The van der Waals surface area contributed by atoms with Crippen LogP contribution in [-0.4, -0.2) is 42.5 Å². The van der Waals surface area contributed by atoms with E-state index in [2.05, 4.69) is 22.9 Å². The van der Waals surface area contributed by atoms with Crippen molar-refractivity contribution >= 4 is 33.4 Å². The monoisotopic (exact) mass is 487 g/mol. The number of methoxy groups -OCH3 is 2. The van der Waals surface area contributed by atoms with Crippen molar-refractivity contribution in [2.24, 2.45) is 0 Å². The average Bonchev–Trinajstić information content (AvgIpc) is 3.03. The van der Waals surface area contributed by atoms with Crippen LogP contribution in [0.3, 0.4) is 0 Å². The summed E-state index contributed by atoms with van der Waals surface area (Å²) in [4.78, 5) is 27.6. The average molecular weight is 488 g/mol. The van der Waals surface area contributed by atoms with Crippen LogP contribution in [0.25, 0.3) is 5.76 Å². The number of unbranched alkanes of at least 4 members (excludes halogenated alkanes) is 2. The molecule has 0 radical (unpaired) electrons.